The minimum atomic E-state index is -0.602. The zero-order chi connectivity index (χ0) is 22.5. The molecule has 0 aromatic rings. The Kier molecular flexibility index (Phi) is 8.09. The maximum Gasteiger partial charge on any atom is 0.408 e. The summed E-state index contributed by atoms with van der Waals surface area (Å²) in [4.78, 5) is 51.8. The molecule has 1 unspecified atom stereocenters. The van der Waals surface area contributed by atoms with E-state index >= 15 is 0 Å². The van der Waals surface area contributed by atoms with Crippen LogP contribution in [0, 0.1) is 11.8 Å². The Morgan fingerprint density at radius 1 is 1.13 bits per heavy atom. The van der Waals surface area contributed by atoms with Gasteiger partial charge >= 0.3 is 6.09 Å². The highest BCUT2D eigenvalue weighted by Crippen LogP contribution is 2.21. The fourth-order valence-electron chi connectivity index (χ4n) is 3.76. The van der Waals surface area contributed by atoms with Crippen LogP contribution in [0.4, 0.5) is 4.79 Å². The number of ether oxygens (including phenoxy) is 1. The molecule has 1 atom stereocenters. The molecule has 0 saturated carbocycles. The van der Waals surface area contributed by atoms with E-state index in [0.717, 1.165) is 12.8 Å². The van der Waals surface area contributed by atoms with Crippen LogP contribution in [-0.2, 0) is 19.1 Å². The molecule has 0 aromatic carbocycles. The number of rotatable bonds is 6. The minimum absolute atomic E-state index is 0.0389. The van der Waals surface area contributed by atoms with Gasteiger partial charge < -0.3 is 25.2 Å². The van der Waals surface area contributed by atoms with E-state index in [0.29, 0.717) is 32.1 Å². The van der Waals surface area contributed by atoms with E-state index < -0.39 is 11.7 Å². The van der Waals surface area contributed by atoms with Crippen LogP contribution >= 0.6 is 0 Å². The lowest BCUT2D eigenvalue weighted by molar-refractivity contribution is -0.132. The molecule has 2 fully saturated rings. The highest BCUT2D eigenvalue weighted by atomic mass is 16.6. The molecule has 0 spiro atoms. The maximum absolute atomic E-state index is 12.4. The van der Waals surface area contributed by atoms with E-state index in [1.165, 1.54) is 0 Å². The first kappa shape index (κ1) is 24.0. The number of nitrogens with zero attached hydrogens (tertiary/aromatic N) is 2. The Morgan fingerprint density at radius 3 is 2.30 bits per heavy atom. The van der Waals surface area contributed by atoms with E-state index in [1.807, 2.05) is 13.8 Å². The van der Waals surface area contributed by atoms with Crippen molar-refractivity contribution in [2.75, 3.05) is 32.7 Å². The molecule has 30 heavy (non-hydrogen) atoms. The first-order valence-corrected chi connectivity index (χ1v) is 10.8. The highest BCUT2D eigenvalue weighted by molar-refractivity contribution is 5.89. The molecule has 170 valence electrons. The third kappa shape index (κ3) is 7.18. The van der Waals surface area contributed by atoms with Crippen molar-refractivity contribution in [2.45, 2.75) is 65.5 Å². The summed E-state index contributed by atoms with van der Waals surface area (Å²) >= 11 is 0. The number of likely N-dealkylation sites (tertiary alicyclic amines) is 2. The largest absolute Gasteiger partial charge is 0.444 e. The van der Waals surface area contributed by atoms with Crippen molar-refractivity contribution in [3.05, 3.63) is 0 Å². The van der Waals surface area contributed by atoms with Crippen LogP contribution in [0.25, 0.3) is 0 Å². The Morgan fingerprint density at radius 2 is 1.77 bits per heavy atom. The molecule has 2 aliphatic rings. The molecular formula is C21H36N4O5. The predicted octanol–water partition coefficient (Wildman–Crippen LogP) is 1.12. The predicted molar refractivity (Wildman–Crippen MR) is 112 cm³/mol. The number of piperidine rings is 1. The molecule has 9 heteroatoms. The van der Waals surface area contributed by atoms with E-state index in [1.54, 1.807) is 30.6 Å². The van der Waals surface area contributed by atoms with Gasteiger partial charge in [-0.2, -0.15) is 0 Å². The van der Waals surface area contributed by atoms with E-state index in [9.17, 15) is 19.2 Å². The molecule has 2 heterocycles. The quantitative estimate of drug-likeness (QED) is 0.664. The summed E-state index contributed by atoms with van der Waals surface area (Å²) in [5.74, 6) is -0.138. The summed E-state index contributed by atoms with van der Waals surface area (Å²) in [6, 6.07) is 0.113. The molecule has 2 rings (SSSR count). The van der Waals surface area contributed by atoms with Crippen LogP contribution in [0.3, 0.4) is 0 Å². The van der Waals surface area contributed by atoms with Crippen molar-refractivity contribution in [2.24, 2.45) is 11.8 Å². The SMILES string of the molecule is CC(C)N1CC(C(=O)NCC2CCN(C(=O)CNC(=O)OC(C)(C)C)CC2)CC1=O. The van der Waals surface area contributed by atoms with Gasteiger partial charge in [-0.05, 0) is 53.4 Å². The van der Waals surface area contributed by atoms with Crippen LogP contribution in [0.2, 0.25) is 0 Å². The standard InChI is InChI=1S/C21H36N4O5/c1-14(2)25-13-16(10-17(25)26)19(28)22-11-15-6-8-24(9-7-15)18(27)12-23-20(29)30-21(3,4)5/h14-16H,6-13H2,1-5H3,(H,22,28)(H,23,29). The third-order valence-corrected chi connectivity index (χ3v) is 5.47. The van der Waals surface area contributed by atoms with E-state index in [2.05, 4.69) is 10.6 Å². The number of amides is 4. The lowest BCUT2D eigenvalue weighted by Gasteiger charge is -2.32. The number of carbonyl (C=O) groups is 4. The summed E-state index contributed by atoms with van der Waals surface area (Å²) in [5, 5.41) is 5.48. The summed E-state index contributed by atoms with van der Waals surface area (Å²) in [6.45, 7) is 11.4. The van der Waals surface area contributed by atoms with Gasteiger partial charge in [-0.15, -0.1) is 0 Å². The third-order valence-electron chi connectivity index (χ3n) is 5.47. The second-order valence-electron chi connectivity index (χ2n) is 9.47. The van der Waals surface area contributed by atoms with Crippen molar-refractivity contribution in [3.8, 4) is 0 Å². The molecule has 0 aromatic heterocycles. The summed E-state index contributed by atoms with van der Waals surface area (Å²) < 4.78 is 5.13. The van der Waals surface area contributed by atoms with E-state index in [4.69, 9.17) is 4.74 Å². The Bertz CT molecular complexity index is 650. The fourth-order valence-corrected chi connectivity index (χ4v) is 3.76. The van der Waals surface area contributed by atoms with Gasteiger partial charge in [-0.3, -0.25) is 14.4 Å². The topological polar surface area (TPSA) is 108 Å². The number of carbonyl (C=O) groups excluding carboxylic acids is 4. The number of alkyl carbamates (subject to hydrolysis) is 1. The smallest absolute Gasteiger partial charge is 0.408 e. The summed E-state index contributed by atoms with van der Waals surface area (Å²) in [6.07, 6.45) is 1.26. The average Bonchev–Trinajstić information content (AvgIpc) is 3.05. The number of hydrogen-bond donors (Lipinski definition) is 2. The van der Waals surface area contributed by atoms with Crippen LogP contribution in [0.15, 0.2) is 0 Å². The number of hydrogen-bond acceptors (Lipinski definition) is 5. The molecular weight excluding hydrogens is 388 g/mol. The van der Waals surface area contributed by atoms with Crippen molar-refractivity contribution in [1.29, 1.82) is 0 Å². The molecule has 9 nitrogen and oxygen atoms in total. The van der Waals surface area contributed by atoms with Crippen LogP contribution in [0.5, 0.6) is 0 Å². The fraction of sp³-hybridized carbons (Fsp3) is 0.810. The Balaban J connectivity index is 1.66. The second kappa shape index (κ2) is 10.1. The second-order valence-corrected chi connectivity index (χ2v) is 9.47. The Labute approximate surface area is 178 Å². The van der Waals surface area contributed by atoms with Gasteiger partial charge in [0, 0.05) is 38.6 Å². The van der Waals surface area contributed by atoms with Gasteiger partial charge in [-0.1, -0.05) is 0 Å². The van der Waals surface area contributed by atoms with Gasteiger partial charge in [0.15, 0.2) is 0 Å². The van der Waals surface area contributed by atoms with Crippen molar-refractivity contribution < 1.29 is 23.9 Å². The van der Waals surface area contributed by atoms with Gasteiger partial charge in [0.25, 0.3) is 0 Å². The van der Waals surface area contributed by atoms with Crippen LogP contribution in [0.1, 0.15) is 53.9 Å². The first-order chi connectivity index (χ1) is 14.0. The zero-order valence-corrected chi connectivity index (χ0v) is 18.8. The molecule has 0 aliphatic carbocycles. The normalized spacial score (nSPS) is 20.5. The molecule has 2 saturated heterocycles. The van der Waals surface area contributed by atoms with Gasteiger partial charge in [0.1, 0.15) is 12.1 Å². The van der Waals surface area contributed by atoms with Crippen molar-refractivity contribution in [3.63, 3.8) is 0 Å². The summed E-state index contributed by atoms with van der Waals surface area (Å²) in [5.41, 5.74) is -0.602. The van der Waals surface area contributed by atoms with Crippen LogP contribution in [-0.4, -0.2) is 78.0 Å². The number of nitrogens with one attached hydrogen (secondary N) is 2. The van der Waals surface area contributed by atoms with Gasteiger partial charge in [0.2, 0.25) is 17.7 Å². The van der Waals surface area contributed by atoms with Gasteiger partial charge in [-0.25, -0.2) is 4.79 Å². The molecule has 2 N–H and O–H groups in total. The summed E-state index contributed by atoms with van der Waals surface area (Å²) in [7, 11) is 0. The zero-order valence-electron chi connectivity index (χ0n) is 18.8. The van der Waals surface area contributed by atoms with Crippen molar-refractivity contribution >= 4 is 23.8 Å². The lowest BCUT2D eigenvalue weighted by Crippen LogP contribution is -2.46. The molecule has 2 aliphatic heterocycles. The monoisotopic (exact) mass is 424 g/mol. The molecule has 0 bridgehead atoms. The first-order valence-electron chi connectivity index (χ1n) is 10.8. The minimum Gasteiger partial charge on any atom is -0.444 e. The van der Waals surface area contributed by atoms with Crippen LogP contribution < -0.4 is 10.6 Å². The lowest BCUT2D eigenvalue weighted by atomic mass is 9.96. The molecule has 4 amide bonds. The average molecular weight is 425 g/mol. The molecule has 0 radical (unpaired) electrons. The van der Waals surface area contributed by atoms with Crippen molar-refractivity contribution in [1.82, 2.24) is 20.4 Å². The van der Waals surface area contributed by atoms with E-state index in [-0.39, 0.29) is 42.6 Å². The highest BCUT2D eigenvalue weighted by Gasteiger charge is 2.35. The Hall–Kier alpha value is -2.32. The maximum atomic E-state index is 12.4. The van der Waals surface area contributed by atoms with Gasteiger partial charge in [0.05, 0.1) is 5.92 Å².